The molecule has 59 heavy (non-hydrogen) atoms. The van der Waals surface area contributed by atoms with Crippen LogP contribution in [0.15, 0.2) is 30.5 Å². The highest BCUT2D eigenvalue weighted by Crippen LogP contribution is 2.24. The number of aliphatic carboxylic acids is 1. The standard InChI is InChI=1S/C39H57N9O10S/c1-20(40)37(55)47-15-8-13-30(47)35(53)46-31(23(4)49)36(54)42-21(2)32(50)44-27(14-17-59-5)33(51)45-28(18-24-19-41-26-11-7-6-10-25(24)26)38(56)48-16-9-12-29(48)34(52)43-22(3)39(57)58/h6-7,10-11,19-23,27-31,41,49H,8-9,12-18,40H2,1-5H3,(H,42,54)(H,43,52)(H,44,50)(H,45,51)(H,46,53)(H,57,58). The first-order valence-electron chi connectivity index (χ1n) is 19.8. The smallest absolute Gasteiger partial charge is 0.325 e. The van der Waals surface area contributed by atoms with Gasteiger partial charge in [-0.2, -0.15) is 11.8 Å². The molecule has 1 aromatic heterocycles. The SMILES string of the molecule is CSCCC(NC(=O)C(C)NC(=O)C(NC(=O)C1CCCN1C(=O)C(C)N)C(C)O)C(=O)NC(Cc1c[nH]c2ccccc12)C(=O)N1CCCC1C(=O)NC(C)C(=O)O. The van der Waals surface area contributed by atoms with Crippen LogP contribution in [0.25, 0.3) is 10.9 Å². The maximum Gasteiger partial charge on any atom is 0.325 e. The first-order chi connectivity index (χ1) is 27.9. The van der Waals surface area contributed by atoms with E-state index in [9.17, 15) is 48.6 Å². The molecule has 2 aliphatic rings. The fraction of sp³-hybridized carbons (Fsp3) is 0.590. The van der Waals surface area contributed by atoms with Crippen LogP contribution < -0.4 is 32.3 Å². The summed E-state index contributed by atoms with van der Waals surface area (Å²) >= 11 is 1.41. The van der Waals surface area contributed by atoms with Gasteiger partial charge in [0.25, 0.3) is 0 Å². The lowest BCUT2D eigenvalue weighted by atomic mass is 10.0. The number of fused-ring (bicyclic) bond motifs is 1. The number of aliphatic hydroxyl groups excluding tert-OH is 1. The highest BCUT2D eigenvalue weighted by atomic mass is 32.2. The Balaban J connectivity index is 1.49. The summed E-state index contributed by atoms with van der Waals surface area (Å²) in [7, 11) is 0. The van der Waals surface area contributed by atoms with E-state index in [0.29, 0.717) is 43.5 Å². The van der Waals surface area contributed by atoms with Gasteiger partial charge in [-0.05, 0) is 83.4 Å². The molecule has 0 spiro atoms. The van der Waals surface area contributed by atoms with Crippen LogP contribution in [0.1, 0.15) is 65.4 Å². The van der Waals surface area contributed by atoms with Crippen molar-refractivity contribution in [3.63, 3.8) is 0 Å². The van der Waals surface area contributed by atoms with E-state index in [2.05, 4.69) is 31.6 Å². The van der Waals surface area contributed by atoms with Gasteiger partial charge in [0.2, 0.25) is 41.4 Å². The Morgan fingerprint density at radius 3 is 1.98 bits per heavy atom. The number of para-hydroxylation sites is 1. The molecule has 1 aromatic carbocycles. The number of H-pyrrole nitrogens is 1. The average Bonchev–Trinajstić information content (AvgIpc) is 3.98. The zero-order chi connectivity index (χ0) is 43.6. The van der Waals surface area contributed by atoms with E-state index in [1.54, 1.807) is 6.20 Å². The molecule has 9 atom stereocenters. The third-order valence-electron chi connectivity index (χ3n) is 10.6. The zero-order valence-corrected chi connectivity index (χ0v) is 34.8. The zero-order valence-electron chi connectivity index (χ0n) is 34.0. The van der Waals surface area contributed by atoms with Crippen LogP contribution in [0, 0.1) is 0 Å². The van der Waals surface area contributed by atoms with Crippen LogP contribution in [0.3, 0.4) is 0 Å². The Morgan fingerprint density at radius 1 is 0.797 bits per heavy atom. The Labute approximate surface area is 346 Å². The van der Waals surface area contributed by atoms with Crippen LogP contribution in [-0.2, 0) is 44.8 Å². The van der Waals surface area contributed by atoms with Gasteiger partial charge in [0.15, 0.2) is 0 Å². The van der Waals surface area contributed by atoms with E-state index in [4.69, 9.17) is 5.73 Å². The largest absolute Gasteiger partial charge is 0.480 e. The van der Waals surface area contributed by atoms with Crippen LogP contribution in [-0.4, -0.2) is 152 Å². The van der Waals surface area contributed by atoms with Crippen molar-refractivity contribution in [2.45, 2.75) is 121 Å². The summed E-state index contributed by atoms with van der Waals surface area (Å²) in [5, 5.41) is 33.5. The number of hydrogen-bond donors (Lipinski definition) is 9. The number of thioether (sulfide) groups is 1. The second-order valence-corrected chi connectivity index (χ2v) is 16.1. The lowest BCUT2D eigenvalue weighted by Crippen LogP contribution is -2.61. The molecule has 0 saturated carbocycles. The van der Waals surface area contributed by atoms with Gasteiger partial charge < -0.3 is 57.3 Å². The molecule has 2 fully saturated rings. The van der Waals surface area contributed by atoms with Gasteiger partial charge in [0.1, 0.15) is 42.3 Å². The van der Waals surface area contributed by atoms with Crippen LogP contribution >= 0.6 is 11.8 Å². The minimum atomic E-state index is -1.48. The number of rotatable bonds is 19. The first kappa shape index (κ1) is 46.5. The third kappa shape index (κ3) is 11.9. The van der Waals surface area contributed by atoms with Gasteiger partial charge >= 0.3 is 5.97 Å². The number of hydrogen-bond acceptors (Lipinski definition) is 11. The molecule has 0 aliphatic carbocycles. The quantitative estimate of drug-likeness (QED) is 0.0800. The fourth-order valence-electron chi connectivity index (χ4n) is 7.26. The maximum absolute atomic E-state index is 14.3. The number of aromatic amines is 1. The number of likely N-dealkylation sites (tertiary alicyclic amines) is 2. The molecule has 10 N–H and O–H groups in total. The predicted octanol–water partition coefficient (Wildman–Crippen LogP) is -1.28. The van der Waals surface area contributed by atoms with Gasteiger partial charge in [0, 0.05) is 36.6 Å². The predicted molar refractivity (Wildman–Crippen MR) is 218 cm³/mol. The number of nitrogens with two attached hydrogens (primary N) is 1. The van der Waals surface area contributed by atoms with Crippen molar-refractivity contribution in [1.29, 1.82) is 0 Å². The molecule has 3 heterocycles. The molecule has 9 unspecified atom stereocenters. The second kappa shape index (κ2) is 21.2. The molecular formula is C39H57N9O10S. The van der Waals surface area contributed by atoms with E-state index in [1.165, 1.54) is 49.3 Å². The van der Waals surface area contributed by atoms with Crippen molar-refractivity contribution in [2.75, 3.05) is 25.1 Å². The molecule has 324 valence electrons. The normalized spacial score (nSPS) is 20.1. The number of aliphatic hydroxyl groups is 1. The van der Waals surface area contributed by atoms with Crippen LogP contribution in [0.5, 0.6) is 0 Å². The Kier molecular flexibility index (Phi) is 16.7. The Bertz CT molecular complexity index is 1870. The summed E-state index contributed by atoms with van der Waals surface area (Å²) in [6, 6.07) is -1.59. The Hall–Kier alpha value is -5.21. The minimum absolute atomic E-state index is 0.0189. The molecule has 2 aromatic rings. The van der Waals surface area contributed by atoms with Gasteiger partial charge in [-0.3, -0.25) is 38.4 Å². The lowest BCUT2D eigenvalue weighted by Gasteiger charge is -2.30. The van der Waals surface area contributed by atoms with Gasteiger partial charge in [-0.15, -0.1) is 0 Å². The molecule has 0 bridgehead atoms. The number of carboxylic acids is 1. The molecule has 0 radical (unpaired) electrons. The first-order valence-corrected chi connectivity index (χ1v) is 21.2. The summed E-state index contributed by atoms with van der Waals surface area (Å²) in [4.78, 5) is 112. The van der Waals surface area contributed by atoms with Crippen molar-refractivity contribution < 1.29 is 48.6 Å². The van der Waals surface area contributed by atoms with Gasteiger partial charge in [-0.25, -0.2) is 0 Å². The highest BCUT2D eigenvalue weighted by Gasteiger charge is 2.41. The van der Waals surface area contributed by atoms with Crippen molar-refractivity contribution in [3.8, 4) is 0 Å². The topological polar surface area (TPSA) is 285 Å². The van der Waals surface area contributed by atoms with E-state index in [1.807, 2.05) is 30.5 Å². The average molecular weight is 844 g/mol. The number of nitrogens with zero attached hydrogens (tertiary/aromatic N) is 2. The molecule has 20 heteroatoms. The highest BCUT2D eigenvalue weighted by molar-refractivity contribution is 7.98. The number of nitrogens with one attached hydrogen (secondary N) is 6. The monoisotopic (exact) mass is 843 g/mol. The molecule has 2 aliphatic heterocycles. The van der Waals surface area contributed by atoms with E-state index >= 15 is 0 Å². The molecule has 2 saturated heterocycles. The summed E-state index contributed by atoms with van der Waals surface area (Å²) < 4.78 is 0. The molecular weight excluding hydrogens is 787 g/mol. The number of carboxylic acid groups (broad SMARTS) is 1. The number of carbonyl (C=O) groups excluding carboxylic acids is 7. The molecule has 19 nitrogen and oxygen atoms in total. The fourth-order valence-corrected chi connectivity index (χ4v) is 7.73. The Morgan fingerprint density at radius 2 is 1.39 bits per heavy atom. The summed E-state index contributed by atoms with van der Waals surface area (Å²) in [5.74, 6) is -5.41. The third-order valence-corrected chi connectivity index (χ3v) is 11.2. The van der Waals surface area contributed by atoms with E-state index in [0.717, 1.165) is 10.9 Å². The maximum atomic E-state index is 14.3. The van der Waals surface area contributed by atoms with Crippen molar-refractivity contribution in [2.24, 2.45) is 5.73 Å². The lowest BCUT2D eigenvalue weighted by molar-refractivity contribution is -0.144. The van der Waals surface area contributed by atoms with Gasteiger partial charge in [-0.1, -0.05) is 18.2 Å². The number of aromatic nitrogens is 1. The minimum Gasteiger partial charge on any atom is -0.480 e. The molecule has 4 rings (SSSR count). The van der Waals surface area contributed by atoms with E-state index < -0.39 is 102 Å². The summed E-state index contributed by atoms with van der Waals surface area (Å²) in [5.41, 5.74) is 7.26. The van der Waals surface area contributed by atoms with Crippen molar-refractivity contribution >= 4 is 70.0 Å². The van der Waals surface area contributed by atoms with Crippen LogP contribution in [0.4, 0.5) is 0 Å². The summed E-state index contributed by atoms with van der Waals surface area (Å²) in [6.07, 6.45) is 3.96. The second-order valence-electron chi connectivity index (χ2n) is 15.2. The molecule has 7 amide bonds. The number of benzene rings is 1. The number of amides is 7. The number of carbonyl (C=O) groups is 8. The van der Waals surface area contributed by atoms with Crippen molar-refractivity contribution in [3.05, 3.63) is 36.0 Å². The van der Waals surface area contributed by atoms with Gasteiger partial charge in [0.05, 0.1) is 12.1 Å². The van der Waals surface area contributed by atoms with Crippen LogP contribution in [0.2, 0.25) is 0 Å². The summed E-state index contributed by atoms with van der Waals surface area (Å²) in [6.45, 7) is 5.99. The van der Waals surface area contributed by atoms with Crippen molar-refractivity contribution in [1.82, 2.24) is 41.4 Å². The van der Waals surface area contributed by atoms with E-state index in [-0.39, 0.29) is 19.4 Å².